The molecule has 1 atom stereocenters. The molecule has 0 aromatic heterocycles. The lowest BCUT2D eigenvalue weighted by Crippen LogP contribution is -2.52. The van der Waals surface area contributed by atoms with Gasteiger partial charge in [-0.1, -0.05) is 0 Å². The fourth-order valence-corrected chi connectivity index (χ4v) is 2.72. The van der Waals surface area contributed by atoms with Gasteiger partial charge >= 0.3 is 5.97 Å². The molecular weight excluding hydrogens is 330 g/mol. The molecule has 2 aliphatic rings. The van der Waals surface area contributed by atoms with E-state index >= 15 is 0 Å². The predicted molar refractivity (Wildman–Crippen MR) is 87.0 cm³/mol. The minimum Gasteiger partial charge on any atom is -0.493 e. The molecule has 0 aliphatic carbocycles. The molecule has 2 heterocycles. The third kappa shape index (κ3) is 3.69. The van der Waals surface area contributed by atoms with E-state index in [2.05, 4.69) is 0 Å². The summed E-state index contributed by atoms with van der Waals surface area (Å²) in [5.41, 5.74) is 0.689. The van der Waals surface area contributed by atoms with Gasteiger partial charge in [0.05, 0.1) is 20.3 Å². The lowest BCUT2D eigenvalue weighted by Gasteiger charge is -2.32. The van der Waals surface area contributed by atoms with Crippen molar-refractivity contribution in [3.8, 4) is 17.2 Å². The van der Waals surface area contributed by atoms with Gasteiger partial charge in [0.15, 0.2) is 17.5 Å². The normalized spacial score (nSPS) is 19.7. The number of hydrogen-bond acceptors (Lipinski definition) is 6. The summed E-state index contributed by atoms with van der Waals surface area (Å²) in [6.07, 6.45) is 2.93. The summed E-state index contributed by atoms with van der Waals surface area (Å²) in [7, 11) is 1.53. The molecule has 1 aromatic rings. The van der Waals surface area contributed by atoms with Crippen molar-refractivity contribution in [2.45, 2.75) is 6.04 Å². The molecule has 1 N–H and O–H groups in total. The summed E-state index contributed by atoms with van der Waals surface area (Å²) in [5.74, 6) is 0.134. The highest BCUT2D eigenvalue weighted by Gasteiger charge is 2.31. The average Bonchev–Trinajstić information content (AvgIpc) is 2.65. The first-order chi connectivity index (χ1) is 12.1. The maximum Gasteiger partial charge on any atom is 0.328 e. The molecule has 1 aromatic carbocycles. The van der Waals surface area contributed by atoms with Crippen molar-refractivity contribution < 1.29 is 33.6 Å². The van der Waals surface area contributed by atoms with Crippen LogP contribution < -0.4 is 14.2 Å². The Morgan fingerprint density at radius 2 is 2.08 bits per heavy atom. The highest BCUT2D eigenvalue weighted by Crippen LogP contribution is 2.40. The molecule has 134 valence electrons. The number of rotatable bonds is 4. The maximum atomic E-state index is 12.4. The first-order valence-corrected chi connectivity index (χ1v) is 7.87. The highest BCUT2D eigenvalue weighted by molar-refractivity contribution is 5.94. The molecule has 0 radical (unpaired) electrons. The monoisotopic (exact) mass is 349 g/mol. The number of methoxy groups -OCH3 is 1. The van der Waals surface area contributed by atoms with Crippen LogP contribution in [0.3, 0.4) is 0 Å². The summed E-state index contributed by atoms with van der Waals surface area (Å²) in [5, 5.41) is 9.20. The topological polar surface area (TPSA) is 94.5 Å². The Morgan fingerprint density at radius 3 is 2.84 bits per heavy atom. The molecule has 8 heteroatoms. The van der Waals surface area contributed by atoms with Gasteiger partial charge in [0.2, 0.25) is 11.7 Å². The summed E-state index contributed by atoms with van der Waals surface area (Å²) in [4.78, 5) is 24.9. The summed E-state index contributed by atoms with van der Waals surface area (Å²) >= 11 is 0. The van der Waals surface area contributed by atoms with Crippen LogP contribution in [0.25, 0.3) is 6.08 Å². The maximum absolute atomic E-state index is 12.4. The highest BCUT2D eigenvalue weighted by atomic mass is 16.6. The van der Waals surface area contributed by atoms with E-state index in [1.165, 1.54) is 18.1 Å². The standard InChI is InChI=1S/C17H19NO7/c1-22-13-8-11(9-14-16(13)25-7-6-24-14)2-3-15(19)18-4-5-23-10-12(18)17(20)21/h2-3,8-9,12H,4-7,10H2,1H3,(H,20,21)/b3-2+. The van der Waals surface area contributed by atoms with E-state index in [0.29, 0.717) is 42.6 Å². The SMILES string of the molecule is COc1cc(/C=C/C(=O)N2CCOCC2C(=O)O)cc2c1OCCO2. The molecule has 0 spiro atoms. The van der Waals surface area contributed by atoms with Crippen molar-refractivity contribution in [1.29, 1.82) is 0 Å². The molecular formula is C17H19NO7. The zero-order valence-corrected chi connectivity index (χ0v) is 13.8. The van der Waals surface area contributed by atoms with Crippen molar-refractivity contribution in [3.05, 3.63) is 23.8 Å². The van der Waals surface area contributed by atoms with Gasteiger partial charge in [-0.05, 0) is 23.8 Å². The molecule has 1 unspecified atom stereocenters. The van der Waals surface area contributed by atoms with Gasteiger partial charge in [-0.3, -0.25) is 4.79 Å². The van der Waals surface area contributed by atoms with Gasteiger partial charge in [-0.2, -0.15) is 0 Å². The minimum atomic E-state index is -1.08. The number of amides is 1. The third-order valence-electron chi connectivity index (χ3n) is 3.97. The second-order valence-electron chi connectivity index (χ2n) is 5.54. The van der Waals surface area contributed by atoms with Crippen LogP contribution in [0.5, 0.6) is 17.2 Å². The van der Waals surface area contributed by atoms with Crippen molar-refractivity contribution in [1.82, 2.24) is 4.90 Å². The van der Waals surface area contributed by atoms with Crippen LogP contribution in [0.4, 0.5) is 0 Å². The molecule has 1 fully saturated rings. The number of hydrogen-bond donors (Lipinski definition) is 1. The molecule has 1 saturated heterocycles. The Morgan fingerprint density at radius 1 is 1.28 bits per heavy atom. The second kappa shape index (κ2) is 7.43. The lowest BCUT2D eigenvalue weighted by atomic mass is 10.1. The van der Waals surface area contributed by atoms with E-state index in [1.807, 2.05) is 0 Å². The number of fused-ring (bicyclic) bond motifs is 1. The Hall–Kier alpha value is -2.74. The zero-order valence-electron chi connectivity index (χ0n) is 13.8. The fourth-order valence-electron chi connectivity index (χ4n) is 2.72. The molecule has 1 amide bonds. The van der Waals surface area contributed by atoms with E-state index in [1.54, 1.807) is 18.2 Å². The Labute approximate surface area is 144 Å². The number of benzene rings is 1. The Balaban J connectivity index is 1.79. The fraction of sp³-hybridized carbons (Fsp3) is 0.412. The van der Waals surface area contributed by atoms with Crippen molar-refractivity contribution >= 4 is 18.0 Å². The van der Waals surface area contributed by atoms with Crippen LogP contribution >= 0.6 is 0 Å². The molecule has 8 nitrogen and oxygen atoms in total. The van der Waals surface area contributed by atoms with Gasteiger partial charge < -0.3 is 29.0 Å². The summed E-state index contributed by atoms with van der Waals surface area (Å²) < 4.78 is 21.5. The van der Waals surface area contributed by atoms with E-state index < -0.39 is 12.0 Å². The van der Waals surface area contributed by atoms with Crippen molar-refractivity contribution in [3.63, 3.8) is 0 Å². The quantitative estimate of drug-likeness (QED) is 0.803. The van der Waals surface area contributed by atoms with E-state index in [-0.39, 0.29) is 19.1 Å². The van der Waals surface area contributed by atoms with Gasteiger partial charge in [0.25, 0.3) is 0 Å². The number of ether oxygens (including phenoxy) is 4. The zero-order chi connectivity index (χ0) is 17.8. The largest absolute Gasteiger partial charge is 0.493 e. The Kier molecular flexibility index (Phi) is 5.08. The van der Waals surface area contributed by atoms with Crippen molar-refractivity contribution in [2.75, 3.05) is 40.1 Å². The summed E-state index contributed by atoms with van der Waals surface area (Å²) in [6.45, 7) is 1.44. The van der Waals surface area contributed by atoms with Crippen LogP contribution in [-0.2, 0) is 14.3 Å². The molecule has 0 saturated carbocycles. The van der Waals surface area contributed by atoms with Crippen LogP contribution in [0, 0.1) is 0 Å². The number of morpholine rings is 1. The number of carboxylic acids is 1. The van der Waals surface area contributed by atoms with Crippen LogP contribution in [0.1, 0.15) is 5.56 Å². The molecule has 25 heavy (non-hydrogen) atoms. The number of aliphatic carboxylic acids is 1. The van der Waals surface area contributed by atoms with Gasteiger partial charge in [-0.15, -0.1) is 0 Å². The number of carbonyl (C=O) groups excluding carboxylic acids is 1. The smallest absolute Gasteiger partial charge is 0.328 e. The van der Waals surface area contributed by atoms with E-state index in [4.69, 9.17) is 18.9 Å². The number of carboxylic acid groups (broad SMARTS) is 1. The first kappa shape index (κ1) is 17.1. The molecule has 2 aliphatic heterocycles. The van der Waals surface area contributed by atoms with Crippen molar-refractivity contribution in [2.24, 2.45) is 0 Å². The first-order valence-electron chi connectivity index (χ1n) is 7.87. The lowest BCUT2D eigenvalue weighted by molar-refractivity contribution is -0.156. The molecule has 0 bridgehead atoms. The minimum absolute atomic E-state index is 0.00718. The predicted octanol–water partition coefficient (Wildman–Crippen LogP) is 0.792. The van der Waals surface area contributed by atoms with Gasteiger partial charge in [-0.25, -0.2) is 4.79 Å². The number of nitrogens with zero attached hydrogens (tertiary/aromatic N) is 1. The third-order valence-corrected chi connectivity index (χ3v) is 3.97. The Bertz CT molecular complexity index is 683. The van der Waals surface area contributed by atoms with Crippen LogP contribution in [0.2, 0.25) is 0 Å². The van der Waals surface area contributed by atoms with Crippen LogP contribution in [-0.4, -0.2) is 68.0 Å². The molecule has 3 rings (SSSR count). The van der Waals surface area contributed by atoms with E-state index in [0.717, 1.165) is 0 Å². The van der Waals surface area contributed by atoms with E-state index in [9.17, 15) is 14.7 Å². The summed E-state index contributed by atoms with van der Waals surface area (Å²) in [6, 6.07) is 2.50. The number of carbonyl (C=O) groups is 2. The van der Waals surface area contributed by atoms with Gasteiger partial charge in [0.1, 0.15) is 13.2 Å². The second-order valence-corrected chi connectivity index (χ2v) is 5.54. The van der Waals surface area contributed by atoms with Gasteiger partial charge in [0, 0.05) is 12.6 Å². The average molecular weight is 349 g/mol. The van der Waals surface area contributed by atoms with Crippen LogP contribution in [0.15, 0.2) is 18.2 Å².